The van der Waals surface area contributed by atoms with Gasteiger partial charge in [-0.25, -0.2) is 4.39 Å². The molecule has 0 saturated carbocycles. The van der Waals surface area contributed by atoms with Crippen LogP contribution in [-0.2, 0) is 4.79 Å². The van der Waals surface area contributed by atoms with Crippen LogP contribution in [0.15, 0.2) is 42.5 Å². The quantitative estimate of drug-likeness (QED) is 0.701. The van der Waals surface area contributed by atoms with Crippen LogP contribution in [0.5, 0.6) is 0 Å². The predicted molar refractivity (Wildman–Crippen MR) is 118 cm³/mol. The van der Waals surface area contributed by atoms with Gasteiger partial charge >= 0.3 is 0 Å². The Morgan fingerprint density at radius 3 is 1.97 bits per heavy atom. The molecular weight excluding hydrogens is 379 g/mol. The number of para-hydroxylation sites is 1. The van der Waals surface area contributed by atoms with Crippen LogP contribution in [0.1, 0.15) is 73.9 Å². The van der Waals surface area contributed by atoms with Crippen molar-refractivity contribution < 1.29 is 14.0 Å². The van der Waals surface area contributed by atoms with Crippen molar-refractivity contribution in [3.8, 4) is 0 Å². The molecule has 1 aliphatic heterocycles. The molecule has 3 rings (SSSR count). The molecule has 0 bridgehead atoms. The fourth-order valence-electron chi connectivity index (χ4n) is 4.04. The summed E-state index contributed by atoms with van der Waals surface area (Å²) in [7, 11) is 0. The minimum atomic E-state index is -0.357. The van der Waals surface area contributed by atoms with Crippen LogP contribution in [0, 0.1) is 11.7 Å². The topological polar surface area (TPSA) is 49.4 Å². The van der Waals surface area contributed by atoms with E-state index in [0.29, 0.717) is 43.3 Å². The molecule has 0 aliphatic carbocycles. The number of piperidine rings is 1. The molecule has 4 nitrogen and oxygen atoms in total. The molecule has 0 unspecified atom stereocenters. The Morgan fingerprint density at radius 2 is 1.47 bits per heavy atom. The van der Waals surface area contributed by atoms with Crippen molar-refractivity contribution in [3.05, 3.63) is 65.0 Å². The zero-order valence-corrected chi connectivity index (χ0v) is 18.2. The molecule has 0 aromatic heterocycles. The molecule has 1 N–H and O–H groups in total. The average Bonchev–Trinajstić information content (AvgIpc) is 2.73. The highest BCUT2D eigenvalue weighted by Crippen LogP contribution is 2.33. The number of anilines is 1. The maximum Gasteiger partial charge on any atom is 0.253 e. The predicted octanol–water partition coefficient (Wildman–Crippen LogP) is 5.56. The molecule has 2 aromatic carbocycles. The summed E-state index contributed by atoms with van der Waals surface area (Å²) in [5.74, 6) is 0.0650. The number of halogens is 1. The van der Waals surface area contributed by atoms with Crippen molar-refractivity contribution >= 4 is 17.5 Å². The number of nitrogens with zero attached hydrogens (tertiary/aromatic N) is 1. The zero-order valence-electron chi connectivity index (χ0n) is 18.2. The number of amides is 2. The van der Waals surface area contributed by atoms with Crippen LogP contribution in [0.2, 0.25) is 0 Å². The Kier molecular flexibility index (Phi) is 6.91. The second kappa shape index (κ2) is 9.41. The summed E-state index contributed by atoms with van der Waals surface area (Å²) in [5, 5.41) is 3.21. The third kappa shape index (κ3) is 4.89. The van der Waals surface area contributed by atoms with Gasteiger partial charge in [0.15, 0.2) is 0 Å². The second-order valence-electron chi connectivity index (χ2n) is 8.68. The summed E-state index contributed by atoms with van der Waals surface area (Å²) in [6.07, 6.45) is 1.25. The monoisotopic (exact) mass is 410 g/mol. The molecule has 1 heterocycles. The Morgan fingerprint density at radius 1 is 0.933 bits per heavy atom. The molecule has 2 aromatic rings. The third-order valence-electron chi connectivity index (χ3n) is 5.87. The largest absolute Gasteiger partial charge is 0.339 e. The zero-order chi connectivity index (χ0) is 21.8. The van der Waals surface area contributed by atoms with Gasteiger partial charge in [-0.2, -0.15) is 0 Å². The van der Waals surface area contributed by atoms with Crippen molar-refractivity contribution in [3.63, 3.8) is 0 Å². The first-order chi connectivity index (χ1) is 14.3. The van der Waals surface area contributed by atoms with E-state index in [1.165, 1.54) is 24.3 Å². The lowest BCUT2D eigenvalue weighted by Gasteiger charge is -2.32. The van der Waals surface area contributed by atoms with Gasteiger partial charge in [-0.05, 0) is 60.1 Å². The van der Waals surface area contributed by atoms with E-state index in [2.05, 4.69) is 51.2 Å². The van der Waals surface area contributed by atoms with Crippen LogP contribution in [0.4, 0.5) is 10.1 Å². The van der Waals surface area contributed by atoms with Crippen LogP contribution in [0.25, 0.3) is 0 Å². The van der Waals surface area contributed by atoms with Gasteiger partial charge in [0, 0.05) is 30.3 Å². The molecule has 1 aliphatic rings. The Balaban J connectivity index is 1.66. The number of carbonyl (C=O) groups excluding carboxylic acids is 2. The van der Waals surface area contributed by atoms with E-state index in [0.717, 1.165) is 16.8 Å². The second-order valence-corrected chi connectivity index (χ2v) is 8.68. The maximum absolute atomic E-state index is 13.1. The van der Waals surface area contributed by atoms with E-state index in [-0.39, 0.29) is 23.5 Å². The standard InChI is InChI=1S/C25H31FN2O2/c1-16(2)21-6-5-7-22(17(3)4)23(21)27-24(29)18-12-14-28(15-13-18)25(30)19-8-10-20(26)11-9-19/h5-11,16-18H,12-15H2,1-4H3,(H,27,29). The lowest BCUT2D eigenvalue weighted by molar-refractivity contribution is -0.121. The van der Waals surface area contributed by atoms with E-state index in [4.69, 9.17) is 0 Å². The highest BCUT2D eigenvalue weighted by molar-refractivity contribution is 5.96. The van der Waals surface area contributed by atoms with Gasteiger partial charge in [-0.15, -0.1) is 0 Å². The summed E-state index contributed by atoms with van der Waals surface area (Å²) in [6.45, 7) is 9.58. The van der Waals surface area contributed by atoms with Gasteiger partial charge in [0.2, 0.25) is 5.91 Å². The summed E-state index contributed by atoms with van der Waals surface area (Å²) >= 11 is 0. The lowest BCUT2D eigenvalue weighted by atomic mass is 9.91. The normalized spacial score (nSPS) is 15.0. The number of hydrogen-bond acceptors (Lipinski definition) is 2. The van der Waals surface area contributed by atoms with Crippen molar-refractivity contribution in [2.75, 3.05) is 18.4 Å². The van der Waals surface area contributed by atoms with Crippen LogP contribution in [0.3, 0.4) is 0 Å². The van der Waals surface area contributed by atoms with Crippen molar-refractivity contribution in [1.29, 1.82) is 0 Å². The molecule has 30 heavy (non-hydrogen) atoms. The minimum absolute atomic E-state index is 0.0267. The minimum Gasteiger partial charge on any atom is -0.339 e. The number of carbonyl (C=O) groups is 2. The molecule has 0 atom stereocenters. The van der Waals surface area contributed by atoms with E-state index < -0.39 is 0 Å². The number of hydrogen-bond donors (Lipinski definition) is 1. The number of likely N-dealkylation sites (tertiary alicyclic amines) is 1. The molecular formula is C25H31FN2O2. The van der Waals surface area contributed by atoms with Gasteiger partial charge in [-0.3, -0.25) is 9.59 Å². The summed E-state index contributed by atoms with van der Waals surface area (Å²) < 4.78 is 13.1. The molecule has 160 valence electrons. The maximum atomic E-state index is 13.1. The number of benzene rings is 2. The average molecular weight is 411 g/mol. The SMILES string of the molecule is CC(C)c1cccc(C(C)C)c1NC(=O)C1CCN(C(=O)c2ccc(F)cc2)CC1. The Bertz CT molecular complexity index is 872. The van der Waals surface area contributed by atoms with Crippen molar-refractivity contribution in [2.24, 2.45) is 5.92 Å². The van der Waals surface area contributed by atoms with Gasteiger partial charge in [0.25, 0.3) is 5.91 Å². The molecule has 2 amide bonds. The van der Waals surface area contributed by atoms with E-state index in [1.54, 1.807) is 4.90 Å². The highest BCUT2D eigenvalue weighted by atomic mass is 19.1. The van der Waals surface area contributed by atoms with E-state index in [9.17, 15) is 14.0 Å². The first-order valence-electron chi connectivity index (χ1n) is 10.8. The fraction of sp³-hybridized carbons (Fsp3) is 0.440. The summed E-state index contributed by atoms with van der Waals surface area (Å²) in [4.78, 5) is 27.4. The van der Waals surface area contributed by atoms with Gasteiger partial charge in [0.05, 0.1) is 0 Å². The van der Waals surface area contributed by atoms with Crippen molar-refractivity contribution in [2.45, 2.75) is 52.4 Å². The first kappa shape index (κ1) is 22.0. The smallest absolute Gasteiger partial charge is 0.253 e. The Labute approximate surface area is 178 Å². The fourth-order valence-corrected chi connectivity index (χ4v) is 4.04. The van der Waals surface area contributed by atoms with Gasteiger partial charge in [0.1, 0.15) is 5.82 Å². The molecule has 0 radical (unpaired) electrons. The van der Waals surface area contributed by atoms with Crippen LogP contribution < -0.4 is 5.32 Å². The van der Waals surface area contributed by atoms with Gasteiger partial charge < -0.3 is 10.2 Å². The number of nitrogens with one attached hydrogen (secondary N) is 1. The molecule has 1 saturated heterocycles. The molecule has 5 heteroatoms. The summed E-state index contributed by atoms with van der Waals surface area (Å²) in [5.41, 5.74) is 3.72. The summed E-state index contributed by atoms with van der Waals surface area (Å²) in [6, 6.07) is 11.8. The third-order valence-corrected chi connectivity index (χ3v) is 5.87. The lowest BCUT2D eigenvalue weighted by Crippen LogP contribution is -2.41. The van der Waals surface area contributed by atoms with Crippen LogP contribution >= 0.6 is 0 Å². The first-order valence-corrected chi connectivity index (χ1v) is 10.8. The molecule has 1 fully saturated rings. The highest BCUT2D eigenvalue weighted by Gasteiger charge is 2.29. The van der Waals surface area contributed by atoms with E-state index >= 15 is 0 Å². The molecule has 0 spiro atoms. The van der Waals surface area contributed by atoms with Crippen molar-refractivity contribution in [1.82, 2.24) is 4.90 Å². The van der Waals surface area contributed by atoms with Gasteiger partial charge in [-0.1, -0.05) is 45.9 Å². The van der Waals surface area contributed by atoms with E-state index in [1.807, 2.05) is 0 Å². The Hall–Kier alpha value is -2.69. The van der Waals surface area contributed by atoms with Crippen LogP contribution in [-0.4, -0.2) is 29.8 Å². The number of rotatable bonds is 5.